The summed E-state index contributed by atoms with van der Waals surface area (Å²) in [4.78, 5) is 1.86. The predicted octanol–water partition coefficient (Wildman–Crippen LogP) is 2.08. The second-order valence-electron chi connectivity index (χ2n) is 2.59. The lowest BCUT2D eigenvalue weighted by atomic mass is 10.1. The first-order valence-electron chi connectivity index (χ1n) is 3.49. The lowest BCUT2D eigenvalue weighted by Gasteiger charge is -2.19. The summed E-state index contributed by atoms with van der Waals surface area (Å²) in [6.45, 7) is 2.90. The van der Waals surface area contributed by atoms with E-state index in [-0.39, 0.29) is 5.83 Å². The van der Waals surface area contributed by atoms with Gasteiger partial charge in [0.1, 0.15) is 5.83 Å². The Labute approximate surface area is 60.8 Å². The summed E-state index contributed by atoms with van der Waals surface area (Å²) >= 11 is 0. The predicted molar refractivity (Wildman–Crippen MR) is 40.2 cm³/mol. The van der Waals surface area contributed by atoms with Crippen molar-refractivity contribution in [1.29, 1.82) is 0 Å². The average Bonchev–Trinajstić information content (AvgIpc) is 1.85. The number of likely N-dealkylation sites (N-methyl/N-ethyl adjacent to an activating group) is 1. The summed E-state index contributed by atoms with van der Waals surface area (Å²) in [5.41, 5.74) is 1.16. The van der Waals surface area contributed by atoms with E-state index in [0.717, 1.165) is 18.5 Å². The van der Waals surface area contributed by atoms with Gasteiger partial charge < -0.3 is 4.90 Å². The van der Waals surface area contributed by atoms with Crippen LogP contribution in [0.3, 0.4) is 0 Å². The maximum atomic E-state index is 12.6. The Morgan fingerprint density at radius 2 is 2.40 bits per heavy atom. The monoisotopic (exact) mass is 141 g/mol. The van der Waals surface area contributed by atoms with E-state index in [1.165, 1.54) is 6.20 Å². The van der Waals surface area contributed by atoms with Gasteiger partial charge in [0.2, 0.25) is 0 Å². The van der Waals surface area contributed by atoms with Gasteiger partial charge in [0.25, 0.3) is 0 Å². The molecule has 1 aliphatic rings. The Hall–Kier alpha value is -0.790. The molecule has 10 heavy (non-hydrogen) atoms. The second kappa shape index (κ2) is 2.86. The molecule has 0 aromatic carbocycles. The van der Waals surface area contributed by atoms with Crippen LogP contribution in [0.4, 0.5) is 4.39 Å². The Kier molecular flexibility index (Phi) is 2.10. The zero-order valence-corrected chi connectivity index (χ0v) is 6.39. The van der Waals surface area contributed by atoms with Gasteiger partial charge in [-0.2, -0.15) is 0 Å². The highest BCUT2D eigenvalue weighted by molar-refractivity contribution is 5.22. The lowest BCUT2D eigenvalue weighted by Crippen LogP contribution is -2.17. The summed E-state index contributed by atoms with van der Waals surface area (Å²) in [6.07, 6.45) is 4.06. The largest absolute Gasteiger partial charge is 0.374 e. The Morgan fingerprint density at radius 1 is 1.70 bits per heavy atom. The molecule has 1 heterocycles. The third-order valence-electron chi connectivity index (χ3n) is 1.59. The van der Waals surface area contributed by atoms with E-state index >= 15 is 0 Å². The fraction of sp³-hybridized carbons (Fsp3) is 0.500. The number of hydrogen-bond donors (Lipinski definition) is 0. The third-order valence-corrected chi connectivity index (χ3v) is 1.59. The van der Waals surface area contributed by atoms with Crippen LogP contribution in [-0.2, 0) is 0 Å². The lowest BCUT2D eigenvalue weighted by molar-refractivity contribution is 0.456. The fourth-order valence-electron chi connectivity index (χ4n) is 1.07. The van der Waals surface area contributed by atoms with Gasteiger partial charge in [-0.3, -0.25) is 0 Å². The van der Waals surface area contributed by atoms with Gasteiger partial charge in [-0.1, -0.05) is 6.92 Å². The van der Waals surface area contributed by atoms with Gasteiger partial charge in [-0.05, 0) is 18.1 Å². The van der Waals surface area contributed by atoms with Crippen LogP contribution in [0.1, 0.15) is 13.3 Å². The van der Waals surface area contributed by atoms with Gasteiger partial charge in [-0.15, -0.1) is 0 Å². The van der Waals surface area contributed by atoms with Crippen molar-refractivity contribution >= 4 is 0 Å². The van der Waals surface area contributed by atoms with Crippen LogP contribution in [-0.4, -0.2) is 18.5 Å². The number of allylic oxidation sites excluding steroid dienone is 2. The Morgan fingerprint density at radius 3 is 2.90 bits per heavy atom. The zero-order valence-electron chi connectivity index (χ0n) is 6.39. The van der Waals surface area contributed by atoms with Crippen LogP contribution in [0.2, 0.25) is 0 Å². The van der Waals surface area contributed by atoms with Crippen molar-refractivity contribution in [3.8, 4) is 0 Å². The first-order valence-corrected chi connectivity index (χ1v) is 3.49. The first-order chi connectivity index (χ1) is 4.72. The van der Waals surface area contributed by atoms with Crippen LogP contribution in [0, 0.1) is 0 Å². The molecular weight excluding hydrogens is 129 g/mol. The standard InChI is InChI=1S/C8H12FN/c1-3-7-4-8(9)6-10(2)5-7/h4,6H,3,5H2,1-2H3. The van der Waals surface area contributed by atoms with E-state index in [0.29, 0.717) is 0 Å². The molecule has 0 aromatic heterocycles. The van der Waals surface area contributed by atoms with Crippen LogP contribution in [0.25, 0.3) is 0 Å². The quantitative estimate of drug-likeness (QED) is 0.540. The van der Waals surface area contributed by atoms with E-state index in [1.807, 2.05) is 18.9 Å². The highest BCUT2D eigenvalue weighted by Crippen LogP contribution is 2.14. The van der Waals surface area contributed by atoms with Crippen LogP contribution >= 0.6 is 0 Å². The van der Waals surface area contributed by atoms with Crippen molar-refractivity contribution in [3.05, 3.63) is 23.7 Å². The average molecular weight is 141 g/mol. The molecule has 1 nitrogen and oxygen atoms in total. The molecule has 0 radical (unpaired) electrons. The number of nitrogens with zero attached hydrogens (tertiary/aromatic N) is 1. The Balaban J connectivity index is 2.70. The highest BCUT2D eigenvalue weighted by Gasteiger charge is 2.05. The van der Waals surface area contributed by atoms with E-state index in [9.17, 15) is 4.39 Å². The van der Waals surface area contributed by atoms with Crippen LogP contribution in [0.15, 0.2) is 23.7 Å². The SMILES string of the molecule is CCC1=CC(F)=CN(C)C1. The molecular formula is C8H12FN. The molecule has 0 aliphatic carbocycles. The van der Waals surface area contributed by atoms with Crippen molar-refractivity contribution in [3.63, 3.8) is 0 Å². The maximum absolute atomic E-state index is 12.6. The molecule has 0 N–H and O–H groups in total. The molecule has 0 amide bonds. The molecule has 0 unspecified atom stereocenters. The summed E-state index contributed by atoms with van der Waals surface area (Å²) in [6, 6.07) is 0. The Bertz CT molecular complexity index is 182. The van der Waals surface area contributed by atoms with Crippen molar-refractivity contribution < 1.29 is 4.39 Å². The molecule has 0 saturated carbocycles. The van der Waals surface area contributed by atoms with E-state index in [4.69, 9.17) is 0 Å². The summed E-state index contributed by atoms with van der Waals surface area (Å²) < 4.78 is 12.6. The van der Waals surface area contributed by atoms with Crippen LogP contribution in [0.5, 0.6) is 0 Å². The molecule has 0 atom stereocenters. The smallest absolute Gasteiger partial charge is 0.139 e. The molecule has 0 fully saturated rings. The minimum atomic E-state index is -0.134. The van der Waals surface area contributed by atoms with Crippen molar-refractivity contribution in [2.24, 2.45) is 0 Å². The van der Waals surface area contributed by atoms with Gasteiger partial charge >= 0.3 is 0 Å². The molecule has 2 heteroatoms. The number of hydrogen-bond acceptors (Lipinski definition) is 1. The van der Waals surface area contributed by atoms with Gasteiger partial charge in [0.15, 0.2) is 0 Å². The summed E-state index contributed by atoms with van der Waals surface area (Å²) in [5, 5.41) is 0. The minimum absolute atomic E-state index is 0.134. The first kappa shape index (κ1) is 7.32. The molecule has 0 saturated heterocycles. The highest BCUT2D eigenvalue weighted by atomic mass is 19.1. The van der Waals surface area contributed by atoms with Crippen LogP contribution < -0.4 is 0 Å². The van der Waals surface area contributed by atoms with Gasteiger partial charge in [0, 0.05) is 19.8 Å². The van der Waals surface area contributed by atoms with Crippen molar-refractivity contribution in [2.75, 3.05) is 13.6 Å². The molecule has 1 rings (SSSR count). The van der Waals surface area contributed by atoms with Gasteiger partial charge in [-0.25, -0.2) is 4.39 Å². The topological polar surface area (TPSA) is 3.24 Å². The number of rotatable bonds is 1. The van der Waals surface area contributed by atoms with E-state index in [2.05, 4.69) is 0 Å². The molecule has 0 bridgehead atoms. The molecule has 56 valence electrons. The molecule has 0 spiro atoms. The van der Waals surface area contributed by atoms with Crippen molar-refractivity contribution in [2.45, 2.75) is 13.3 Å². The van der Waals surface area contributed by atoms with E-state index < -0.39 is 0 Å². The summed E-state index contributed by atoms with van der Waals surface area (Å²) in [7, 11) is 1.88. The van der Waals surface area contributed by atoms with Crippen molar-refractivity contribution in [1.82, 2.24) is 4.90 Å². The normalized spacial score (nSPS) is 18.5. The third kappa shape index (κ3) is 1.59. The maximum Gasteiger partial charge on any atom is 0.139 e. The fourth-order valence-corrected chi connectivity index (χ4v) is 1.07. The summed E-state index contributed by atoms with van der Waals surface area (Å²) in [5.74, 6) is -0.134. The zero-order chi connectivity index (χ0) is 7.56. The molecule has 1 aliphatic heterocycles. The van der Waals surface area contributed by atoms with Gasteiger partial charge in [0.05, 0.1) is 0 Å². The number of halogens is 1. The minimum Gasteiger partial charge on any atom is -0.374 e. The molecule has 0 aromatic rings. The van der Waals surface area contributed by atoms with E-state index in [1.54, 1.807) is 6.08 Å². The second-order valence-corrected chi connectivity index (χ2v) is 2.59.